The first-order valence-corrected chi connectivity index (χ1v) is 21.6. The van der Waals surface area contributed by atoms with E-state index >= 15 is 0 Å². The molecular formula is C60H42O. The molecule has 1 aromatic heterocycles. The van der Waals surface area contributed by atoms with Crippen molar-refractivity contribution in [2.24, 2.45) is 0 Å². The van der Waals surface area contributed by atoms with E-state index in [2.05, 4.69) is 204 Å². The minimum Gasteiger partial charge on any atom is -0.456 e. The molecule has 2 aliphatic rings. The van der Waals surface area contributed by atoms with E-state index in [1.807, 2.05) is 6.07 Å². The third-order valence-corrected chi connectivity index (χ3v) is 14.4. The minimum atomic E-state index is -0.182. The van der Waals surface area contributed by atoms with Crippen molar-refractivity contribution in [2.45, 2.75) is 38.5 Å². The second kappa shape index (κ2) is 12.2. The lowest BCUT2D eigenvalue weighted by molar-refractivity contribution is 0.661. The first-order chi connectivity index (χ1) is 29.8. The van der Waals surface area contributed by atoms with Crippen molar-refractivity contribution < 1.29 is 4.42 Å². The molecule has 0 fully saturated rings. The summed E-state index contributed by atoms with van der Waals surface area (Å²) in [6, 6.07) is 68.0. The van der Waals surface area contributed by atoms with Gasteiger partial charge in [0.1, 0.15) is 11.2 Å². The summed E-state index contributed by atoms with van der Waals surface area (Å²) in [4.78, 5) is 0. The maximum absolute atomic E-state index is 6.40. The quantitative estimate of drug-likeness (QED) is 0.163. The van der Waals surface area contributed by atoms with Crippen molar-refractivity contribution in [3.05, 3.63) is 204 Å². The number of benzene rings is 10. The first kappa shape index (κ1) is 34.6. The van der Waals surface area contributed by atoms with E-state index in [1.165, 1.54) is 121 Å². The van der Waals surface area contributed by atoms with Crippen LogP contribution in [-0.4, -0.2) is 0 Å². The van der Waals surface area contributed by atoms with E-state index in [9.17, 15) is 0 Å². The number of hydrogen-bond donors (Lipinski definition) is 0. The summed E-state index contributed by atoms with van der Waals surface area (Å²) in [7, 11) is 0. The maximum Gasteiger partial charge on any atom is 0.136 e. The first-order valence-electron chi connectivity index (χ1n) is 21.6. The molecule has 0 bridgehead atoms. The highest BCUT2D eigenvalue weighted by Crippen LogP contribution is 2.55. The van der Waals surface area contributed by atoms with Gasteiger partial charge in [-0.15, -0.1) is 0 Å². The molecule has 1 heterocycles. The van der Waals surface area contributed by atoms with E-state index in [4.69, 9.17) is 4.42 Å². The monoisotopic (exact) mass is 778 g/mol. The molecule has 0 N–H and O–H groups in total. The zero-order valence-electron chi connectivity index (χ0n) is 34.7. The maximum atomic E-state index is 6.40. The molecule has 11 aromatic rings. The topological polar surface area (TPSA) is 13.1 Å². The van der Waals surface area contributed by atoms with Crippen molar-refractivity contribution in [2.75, 3.05) is 0 Å². The van der Waals surface area contributed by atoms with E-state index in [1.54, 1.807) is 0 Å². The highest BCUT2D eigenvalue weighted by atomic mass is 16.3. The SMILES string of the molecule is CC1(C)c2cc(-c3ccc4c(c3)-c3ccc5cc6c(cc5c3C4(C)C)oc3ccccc36)ccc2-c2ccc(-c3c4ccccc4c(-c4ccccc4)c4ccccc34)cc21. The predicted octanol–water partition coefficient (Wildman–Crippen LogP) is 16.7. The van der Waals surface area contributed by atoms with Crippen LogP contribution in [0.4, 0.5) is 0 Å². The van der Waals surface area contributed by atoms with Gasteiger partial charge in [-0.3, -0.25) is 0 Å². The van der Waals surface area contributed by atoms with Crippen molar-refractivity contribution in [3.63, 3.8) is 0 Å². The standard InChI is InChI=1S/C60H42O/c1-59(2)52-32-37(36-25-29-51-49(30-36)47-28-23-38-31-50-42-16-12-13-21-54(42)61-55(50)34-48(38)58(47)60(51,3)4)22-26-40(52)41-27-24-39(33-53(41)59)57-45-19-10-8-17-43(45)56(35-14-6-5-7-15-35)44-18-9-11-20-46(44)57/h5-34H,1-4H3. The van der Waals surface area contributed by atoms with Crippen LogP contribution in [0.15, 0.2) is 186 Å². The fourth-order valence-electron chi connectivity index (χ4n) is 11.5. The summed E-state index contributed by atoms with van der Waals surface area (Å²) < 4.78 is 6.40. The van der Waals surface area contributed by atoms with Crippen molar-refractivity contribution >= 4 is 54.3 Å². The average Bonchev–Trinajstić information content (AvgIpc) is 3.85. The average molecular weight is 779 g/mol. The summed E-state index contributed by atoms with van der Waals surface area (Å²) in [5.41, 5.74) is 20.0. The van der Waals surface area contributed by atoms with Gasteiger partial charge in [0.05, 0.1) is 0 Å². The molecule has 0 aliphatic heterocycles. The fraction of sp³-hybridized carbons (Fsp3) is 0.100. The molecule has 0 spiro atoms. The fourth-order valence-corrected chi connectivity index (χ4v) is 11.5. The van der Waals surface area contributed by atoms with Gasteiger partial charge in [0, 0.05) is 21.6 Å². The van der Waals surface area contributed by atoms with Gasteiger partial charge in [0.2, 0.25) is 0 Å². The Morgan fingerprint density at radius 2 is 0.852 bits per heavy atom. The van der Waals surface area contributed by atoms with Crippen LogP contribution in [-0.2, 0) is 10.8 Å². The molecule has 13 rings (SSSR count). The van der Waals surface area contributed by atoms with Gasteiger partial charge in [-0.1, -0.05) is 173 Å². The minimum absolute atomic E-state index is 0.153. The Balaban J connectivity index is 0.918. The summed E-state index contributed by atoms with van der Waals surface area (Å²) in [6.45, 7) is 9.58. The van der Waals surface area contributed by atoms with Crippen molar-refractivity contribution in [3.8, 4) is 55.6 Å². The van der Waals surface area contributed by atoms with Crippen LogP contribution < -0.4 is 0 Å². The van der Waals surface area contributed by atoms with Crippen molar-refractivity contribution in [1.82, 2.24) is 0 Å². The van der Waals surface area contributed by atoms with E-state index in [0.717, 1.165) is 11.2 Å². The molecule has 1 nitrogen and oxygen atoms in total. The number of rotatable bonds is 3. The van der Waals surface area contributed by atoms with Gasteiger partial charge in [0.15, 0.2) is 0 Å². The van der Waals surface area contributed by atoms with Crippen LogP contribution in [0.25, 0.3) is 110 Å². The van der Waals surface area contributed by atoms with Crippen LogP contribution >= 0.6 is 0 Å². The number of fused-ring (bicyclic) bond motifs is 13. The smallest absolute Gasteiger partial charge is 0.136 e. The molecule has 1 heteroatoms. The lowest BCUT2D eigenvalue weighted by Crippen LogP contribution is -2.15. The summed E-state index contributed by atoms with van der Waals surface area (Å²) in [5, 5.41) is 10.0. The second-order valence-corrected chi connectivity index (χ2v) is 18.4. The number of para-hydroxylation sites is 1. The number of hydrogen-bond acceptors (Lipinski definition) is 1. The van der Waals surface area contributed by atoms with Crippen LogP contribution in [0.5, 0.6) is 0 Å². The van der Waals surface area contributed by atoms with Crippen LogP contribution in [0.3, 0.4) is 0 Å². The molecule has 61 heavy (non-hydrogen) atoms. The van der Waals surface area contributed by atoms with E-state index in [0.29, 0.717) is 0 Å². The van der Waals surface area contributed by atoms with Gasteiger partial charge in [-0.2, -0.15) is 0 Å². The van der Waals surface area contributed by atoms with Crippen molar-refractivity contribution in [1.29, 1.82) is 0 Å². The molecule has 0 amide bonds. The Hall–Kier alpha value is -7.22. The molecule has 0 atom stereocenters. The Labute approximate surface area is 355 Å². The van der Waals surface area contributed by atoms with Gasteiger partial charge < -0.3 is 4.42 Å². The molecule has 0 saturated carbocycles. The largest absolute Gasteiger partial charge is 0.456 e. The summed E-state index contributed by atoms with van der Waals surface area (Å²) >= 11 is 0. The second-order valence-electron chi connectivity index (χ2n) is 18.4. The normalized spacial score (nSPS) is 14.5. The predicted molar refractivity (Wildman–Crippen MR) is 258 cm³/mol. The van der Waals surface area contributed by atoms with Gasteiger partial charge in [-0.05, 0) is 147 Å². The Bertz CT molecular complexity index is 3630. The zero-order valence-corrected chi connectivity index (χ0v) is 34.7. The van der Waals surface area contributed by atoms with Crippen LogP contribution in [0.2, 0.25) is 0 Å². The molecule has 288 valence electrons. The van der Waals surface area contributed by atoms with E-state index in [-0.39, 0.29) is 10.8 Å². The van der Waals surface area contributed by atoms with Gasteiger partial charge >= 0.3 is 0 Å². The van der Waals surface area contributed by atoms with Gasteiger partial charge in [0.25, 0.3) is 0 Å². The Morgan fingerprint density at radius 3 is 1.54 bits per heavy atom. The van der Waals surface area contributed by atoms with Crippen LogP contribution in [0.1, 0.15) is 49.9 Å². The van der Waals surface area contributed by atoms with E-state index < -0.39 is 0 Å². The molecule has 10 aromatic carbocycles. The highest BCUT2D eigenvalue weighted by molar-refractivity contribution is 6.21. The number of furan rings is 1. The molecule has 2 aliphatic carbocycles. The molecule has 0 unspecified atom stereocenters. The molecule has 0 saturated heterocycles. The summed E-state index contributed by atoms with van der Waals surface area (Å²) in [6.07, 6.45) is 0. The lowest BCUT2D eigenvalue weighted by atomic mass is 9.79. The summed E-state index contributed by atoms with van der Waals surface area (Å²) in [5.74, 6) is 0. The third kappa shape index (κ3) is 4.72. The lowest BCUT2D eigenvalue weighted by Gasteiger charge is -2.24. The molecule has 0 radical (unpaired) electrons. The molecular weight excluding hydrogens is 737 g/mol. The van der Waals surface area contributed by atoms with Gasteiger partial charge in [-0.25, -0.2) is 0 Å². The third-order valence-electron chi connectivity index (χ3n) is 14.4. The van der Waals surface area contributed by atoms with Crippen LogP contribution in [0, 0.1) is 0 Å². The zero-order chi connectivity index (χ0) is 40.8. The Morgan fingerprint density at radius 1 is 0.311 bits per heavy atom. The highest BCUT2D eigenvalue weighted by Gasteiger charge is 2.39. The Kier molecular flexibility index (Phi) is 6.91.